The van der Waals surface area contributed by atoms with Gasteiger partial charge in [0.05, 0.1) is 0 Å². The van der Waals surface area contributed by atoms with Crippen LogP contribution >= 0.6 is 0 Å². The van der Waals surface area contributed by atoms with Gasteiger partial charge in [-0.25, -0.2) is 9.97 Å². The number of para-hydroxylation sites is 1. The molecule has 0 saturated carbocycles. The lowest BCUT2D eigenvalue weighted by molar-refractivity contribution is 0.440. The lowest BCUT2D eigenvalue weighted by Crippen LogP contribution is -2.21. The summed E-state index contributed by atoms with van der Waals surface area (Å²) >= 11 is 0. The molecule has 1 heterocycles. The van der Waals surface area contributed by atoms with Crippen LogP contribution in [0.2, 0.25) is 0 Å². The maximum atomic E-state index is 5.52. The molecule has 0 atom stereocenters. The van der Waals surface area contributed by atoms with Gasteiger partial charge in [0.2, 0.25) is 0 Å². The summed E-state index contributed by atoms with van der Waals surface area (Å²) in [6.07, 6.45) is 3.56. The Bertz CT molecular complexity index is 468. The highest BCUT2D eigenvalue weighted by Gasteiger charge is 2.01. The van der Waals surface area contributed by atoms with E-state index in [-0.39, 0.29) is 0 Å². The van der Waals surface area contributed by atoms with Crippen molar-refractivity contribution in [3.63, 3.8) is 0 Å². The second kappa shape index (κ2) is 6.12. The van der Waals surface area contributed by atoms with E-state index in [4.69, 9.17) is 4.74 Å². The van der Waals surface area contributed by atoms with Crippen LogP contribution in [0.3, 0.4) is 0 Å². The first-order valence-electron chi connectivity index (χ1n) is 6.01. The number of ether oxygens (including phenoxy) is 1. The molecule has 4 heteroatoms. The second-order valence-electron chi connectivity index (χ2n) is 4.32. The fourth-order valence-electron chi connectivity index (χ4n) is 1.40. The van der Waals surface area contributed by atoms with Crippen LogP contribution in [0, 0.1) is 0 Å². The van der Waals surface area contributed by atoms with Gasteiger partial charge in [-0.1, -0.05) is 32.0 Å². The molecule has 94 valence electrons. The van der Waals surface area contributed by atoms with Crippen molar-refractivity contribution < 1.29 is 4.74 Å². The molecule has 1 N–H and O–H groups in total. The quantitative estimate of drug-likeness (QED) is 0.877. The van der Waals surface area contributed by atoms with Crippen LogP contribution < -0.4 is 10.1 Å². The van der Waals surface area contributed by atoms with Crippen molar-refractivity contribution in [1.29, 1.82) is 0 Å². The van der Waals surface area contributed by atoms with E-state index >= 15 is 0 Å². The van der Waals surface area contributed by atoms with E-state index in [9.17, 15) is 0 Å². The van der Waals surface area contributed by atoms with Crippen molar-refractivity contribution in [2.24, 2.45) is 0 Å². The smallest absolute Gasteiger partial charge is 0.321 e. The Morgan fingerprint density at radius 1 is 1.11 bits per heavy atom. The highest BCUT2D eigenvalue weighted by Crippen LogP contribution is 2.15. The largest absolute Gasteiger partial charge is 0.424 e. The topological polar surface area (TPSA) is 47.0 Å². The van der Waals surface area contributed by atoms with Crippen molar-refractivity contribution in [1.82, 2.24) is 15.3 Å². The summed E-state index contributed by atoms with van der Waals surface area (Å²) in [5.74, 6) is 0.741. The molecule has 1 aromatic carbocycles. The maximum absolute atomic E-state index is 5.52. The Morgan fingerprint density at radius 2 is 1.78 bits per heavy atom. The van der Waals surface area contributed by atoms with Gasteiger partial charge in [0.1, 0.15) is 5.75 Å². The van der Waals surface area contributed by atoms with Crippen molar-refractivity contribution in [3.8, 4) is 11.8 Å². The van der Waals surface area contributed by atoms with Crippen molar-refractivity contribution in [3.05, 3.63) is 48.3 Å². The maximum Gasteiger partial charge on any atom is 0.321 e. The molecular formula is C14H17N3O. The van der Waals surface area contributed by atoms with Gasteiger partial charge in [0.25, 0.3) is 0 Å². The zero-order valence-corrected chi connectivity index (χ0v) is 10.6. The summed E-state index contributed by atoms with van der Waals surface area (Å²) in [6.45, 7) is 4.98. The van der Waals surface area contributed by atoms with Crippen molar-refractivity contribution in [2.45, 2.75) is 26.4 Å². The lowest BCUT2D eigenvalue weighted by atomic mass is 10.3. The lowest BCUT2D eigenvalue weighted by Gasteiger charge is -2.08. The minimum Gasteiger partial charge on any atom is -0.424 e. The highest BCUT2D eigenvalue weighted by molar-refractivity contribution is 5.24. The van der Waals surface area contributed by atoms with E-state index < -0.39 is 0 Å². The zero-order chi connectivity index (χ0) is 12.8. The van der Waals surface area contributed by atoms with E-state index in [2.05, 4.69) is 29.1 Å². The summed E-state index contributed by atoms with van der Waals surface area (Å²) < 4.78 is 5.52. The summed E-state index contributed by atoms with van der Waals surface area (Å²) in [5.41, 5.74) is 1.05. The third kappa shape index (κ3) is 3.82. The fraction of sp³-hybridized carbons (Fsp3) is 0.286. The average Bonchev–Trinajstić information content (AvgIpc) is 2.39. The molecule has 0 amide bonds. The molecule has 0 spiro atoms. The Hall–Kier alpha value is -1.94. The number of hydrogen-bond acceptors (Lipinski definition) is 4. The Balaban J connectivity index is 1.95. The van der Waals surface area contributed by atoms with Crippen LogP contribution in [0.5, 0.6) is 11.8 Å². The molecule has 0 radical (unpaired) electrons. The third-order valence-corrected chi connectivity index (χ3v) is 2.35. The molecule has 4 nitrogen and oxygen atoms in total. The van der Waals surface area contributed by atoms with E-state index in [0.29, 0.717) is 12.1 Å². The normalized spacial score (nSPS) is 10.6. The van der Waals surface area contributed by atoms with Gasteiger partial charge in [-0.2, -0.15) is 0 Å². The number of nitrogens with one attached hydrogen (secondary N) is 1. The van der Waals surface area contributed by atoms with E-state index in [0.717, 1.165) is 17.9 Å². The Labute approximate surface area is 107 Å². The number of hydrogen-bond donors (Lipinski definition) is 1. The number of aromatic nitrogens is 2. The summed E-state index contributed by atoms with van der Waals surface area (Å²) in [5, 5.41) is 3.31. The number of rotatable bonds is 5. The predicted molar refractivity (Wildman–Crippen MR) is 70.5 cm³/mol. The second-order valence-corrected chi connectivity index (χ2v) is 4.32. The molecule has 2 rings (SSSR count). The fourth-order valence-corrected chi connectivity index (χ4v) is 1.40. The molecule has 0 aliphatic heterocycles. The predicted octanol–water partition coefficient (Wildman–Crippen LogP) is 2.77. The number of benzene rings is 1. The van der Waals surface area contributed by atoms with Crippen molar-refractivity contribution >= 4 is 0 Å². The SMILES string of the molecule is CC(C)NCc1cnc(Oc2ccccc2)nc1. The molecule has 0 bridgehead atoms. The van der Waals surface area contributed by atoms with Gasteiger partial charge < -0.3 is 10.1 Å². The van der Waals surface area contributed by atoms with E-state index in [1.54, 1.807) is 12.4 Å². The van der Waals surface area contributed by atoms with Gasteiger partial charge in [-0.05, 0) is 12.1 Å². The van der Waals surface area contributed by atoms with Gasteiger partial charge in [0, 0.05) is 30.5 Å². The molecule has 0 unspecified atom stereocenters. The highest BCUT2D eigenvalue weighted by atomic mass is 16.5. The van der Waals surface area contributed by atoms with Gasteiger partial charge in [-0.15, -0.1) is 0 Å². The molecule has 1 aromatic heterocycles. The van der Waals surface area contributed by atoms with Crippen LogP contribution in [0.25, 0.3) is 0 Å². The Kier molecular flexibility index (Phi) is 4.25. The van der Waals surface area contributed by atoms with Gasteiger partial charge >= 0.3 is 6.01 Å². The van der Waals surface area contributed by atoms with Crippen LogP contribution in [0.15, 0.2) is 42.7 Å². The molecule has 0 aliphatic carbocycles. The van der Waals surface area contributed by atoms with Crippen LogP contribution in [-0.4, -0.2) is 16.0 Å². The third-order valence-electron chi connectivity index (χ3n) is 2.35. The first-order chi connectivity index (χ1) is 8.74. The number of nitrogens with zero attached hydrogens (tertiary/aromatic N) is 2. The van der Waals surface area contributed by atoms with Crippen LogP contribution in [-0.2, 0) is 6.54 Å². The van der Waals surface area contributed by atoms with Crippen molar-refractivity contribution in [2.75, 3.05) is 0 Å². The summed E-state index contributed by atoms with van der Waals surface area (Å²) in [6, 6.07) is 10.3. The average molecular weight is 243 g/mol. The standard InChI is InChI=1S/C14H17N3O/c1-11(2)15-8-12-9-16-14(17-10-12)18-13-6-4-3-5-7-13/h3-7,9-11,15H,8H2,1-2H3. The monoisotopic (exact) mass is 243 g/mol. The Morgan fingerprint density at radius 3 is 2.39 bits per heavy atom. The van der Waals surface area contributed by atoms with Crippen LogP contribution in [0.1, 0.15) is 19.4 Å². The van der Waals surface area contributed by atoms with E-state index in [1.165, 1.54) is 0 Å². The van der Waals surface area contributed by atoms with Gasteiger partial charge in [-0.3, -0.25) is 0 Å². The molecule has 0 saturated heterocycles. The molecular weight excluding hydrogens is 226 g/mol. The first kappa shape index (κ1) is 12.5. The molecule has 0 fully saturated rings. The van der Waals surface area contributed by atoms with Crippen LogP contribution in [0.4, 0.5) is 0 Å². The zero-order valence-electron chi connectivity index (χ0n) is 10.6. The summed E-state index contributed by atoms with van der Waals surface area (Å²) in [7, 11) is 0. The first-order valence-corrected chi connectivity index (χ1v) is 6.01. The molecule has 2 aromatic rings. The van der Waals surface area contributed by atoms with Gasteiger partial charge in [0.15, 0.2) is 0 Å². The summed E-state index contributed by atoms with van der Waals surface area (Å²) in [4.78, 5) is 8.36. The molecule has 18 heavy (non-hydrogen) atoms. The molecule has 0 aliphatic rings. The van der Waals surface area contributed by atoms with E-state index in [1.807, 2.05) is 30.3 Å². The minimum atomic E-state index is 0.370. The minimum absolute atomic E-state index is 0.370.